The van der Waals surface area contributed by atoms with Gasteiger partial charge in [0.05, 0.1) is 20.3 Å². The van der Waals surface area contributed by atoms with Crippen molar-refractivity contribution in [3.05, 3.63) is 17.7 Å². The van der Waals surface area contributed by atoms with Crippen LogP contribution in [0.3, 0.4) is 0 Å². The second-order valence-electron chi connectivity index (χ2n) is 7.53. The van der Waals surface area contributed by atoms with E-state index in [9.17, 15) is 9.59 Å². The molecular formula is C20H29N3O5. The smallest absolute Gasteiger partial charge is 0.259 e. The van der Waals surface area contributed by atoms with Crippen molar-refractivity contribution in [2.24, 2.45) is 5.92 Å². The highest BCUT2D eigenvalue weighted by Crippen LogP contribution is 2.36. The predicted octanol–water partition coefficient (Wildman–Crippen LogP) is 1.59. The maximum Gasteiger partial charge on any atom is 0.259 e. The Bertz CT molecular complexity index is 731. The van der Waals surface area contributed by atoms with Crippen LogP contribution in [0.2, 0.25) is 0 Å². The van der Waals surface area contributed by atoms with Crippen molar-refractivity contribution < 1.29 is 23.8 Å². The van der Waals surface area contributed by atoms with E-state index in [1.807, 2.05) is 23.6 Å². The quantitative estimate of drug-likeness (QED) is 0.685. The van der Waals surface area contributed by atoms with Crippen molar-refractivity contribution in [1.29, 1.82) is 0 Å². The van der Waals surface area contributed by atoms with Gasteiger partial charge < -0.3 is 24.0 Å². The highest BCUT2D eigenvalue weighted by atomic mass is 16.5. The van der Waals surface area contributed by atoms with Crippen molar-refractivity contribution in [1.82, 2.24) is 14.8 Å². The molecule has 0 N–H and O–H groups in total. The summed E-state index contributed by atoms with van der Waals surface area (Å²) >= 11 is 0. The molecule has 3 heterocycles. The highest BCUT2D eigenvalue weighted by Gasteiger charge is 2.52. The average molecular weight is 391 g/mol. The zero-order chi connectivity index (χ0) is 20.4. The van der Waals surface area contributed by atoms with Gasteiger partial charge in [-0.05, 0) is 38.7 Å². The van der Waals surface area contributed by atoms with Crippen molar-refractivity contribution in [2.75, 3.05) is 34.4 Å². The van der Waals surface area contributed by atoms with Crippen LogP contribution in [0.25, 0.3) is 0 Å². The molecule has 0 saturated carbocycles. The molecule has 2 amide bonds. The number of carbonyl (C=O) groups excluding carboxylic acids is 2. The van der Waals surface area contributed by atoms with Gasteiger partial charge in [0.1, 0.15) is 5.56 Å². The molecule has 2 saturated heterocycles. The first-order valence-corrected chi connectivity index (χ1v) is 9.66. The zero-order valence-electron chi connectivity index (χ0n) is 17.2. The molecule has 8 heteroatoms. The predicted molar refractivity (Wildman–Crippen MR) is 103 cm³/mol. The first kappa shape index (κ1) is 20.4. The summed E-state index contributed by atoms with van der Waals surface area (Å²) in [7, 11) is 4.60. The summed E-state index contributed by atoms with van der Waals surface area (Å²) in [4.78, 5) is 33.2. The van der Waals surface area contributed by atoms with Gasteiger partial charge >= 0.3 is 0 Å². The molecule has 0 unspecified atom stereocenters. The minimum Gasteiger partial charge on any atom is -0.481 e. The van der Waals surface area contributed by atoms with Gasteiger partial charge in [-0.25, -0.2) is 0 Å². The van der Waals surface area contributed by atoms with Crippen LogP contribution in [0.15, 0.2) is 12.1 Å². The van der Waals surface area contributed by atoms with Gasteiger partial charge in [0, 0.05) is 32.3 Å². The third-order valence-corrected chi connectivity index (χ3v) is 5.72. The minimum absolute atomic E-state index is 0.0649. The second-order valence-corrected chi connectivity index (χ2v) is 7.53. The van der Waals surface area contributed by atoms with E-state index < -0.39 is 0 Å². The maximum absolute atomic E-state index is 13.0. The molecule has 8 nitrogen and oxygen atoms in total. The number of hydrogen-bond acceptors (Lipinski definition) is 6. The van der Waals surface area contributed by atoms with Crippen LogP contribution < -0.4 is 9.47 Å². The summed E-state index contributed by atoms with van der Waals surface area (Å²) in [5, 5.41) is 0. The third-order valence-electron chi connectivity index (χ3n) is 5.72. The molecule has 1 aromatic heterocycles. The molecule has 2 aliphatic rings. The van der Waals surface area contributed by atoms with Crippen molar-refractivity contribution in [3.63, 3.8) is 0 Å². The lowest BCUT2D eigenvalue weighted by molar-refractivity contribution is -0.181. The summed E-state index contributed by atoms with van der Waals surface area (Å²) in [6.07, 6.45) is 1.30. The van der Waals surface area contributed by atoms with E-state index in [4.69, 9.17) is 14.2 Å². The van der Waals surface area contributed by atoms with E-state index in [-0.39, 0.29) is 35.9 Å². The summed E-state index contributed by atoms with van der Waals surface area (Å²) in [6.45, 7) is 5.31. The molecule has 2 aliphatic heterocycles. The van der Waals surface area contributed by atoms with Crippen molar-refractivity contribution >= 4 is 11.8 Å². The van der Waals surface area contributed by atoms with Gasteiger partial charge in [0.2, 0.25) is 11.8 Å². The standard InChI is InChI=1S/C20H29N3O5/c1-12(2)23-16(17(27-4)20(23)25)13-8-10-22(11-9-13)19(24)14-6-7-15(26-3)21-18(14)28-5/h6-7,12-13,16-17H,8-11H2,1-5H3/t16-,17+/m0/s1. The van der Waals surface area contributed by atoms with Gasteiger partial charge in [-0.15, -0.1) is 0 Å². The van der Waals surface area contributed by atoms with E-state index in [2.05, 4.69) is 4.98 Å². The van der Waals surface area contributed by atoms with Gasteiger partial charge in [0.15, 0.2) is 6.10 Å². The van der Waals surface area contributed by atoms with Crippen LogP contribution in [0, 0.1) is 5.92 Å². The van der Waals surface area contributed by atoms with E-state index in [1.165, 1.54) is 14.2 Å². The lowest BCUT2D eigenvalue weighted by atomic mass is 9.79. The fourth-order valence-corrected chi connectivity index (χ4v) is 4.29. The monoisotopic (exact) mass is 391 g/mol. The van der Waals surface area contributed by atoms with E-state index in [0.29, 0.717) is 30.5 Å². The zero-order valence-corrected chi connectivity index (χ0v) is 17.2. The summed E-state index contributed by atoms with van der Waals surface area (Å²) in [6, 6.07) is 3.59. The number of pyridine rings is 1. The Morgan fingerprint density at radius 3 is 2.36 bits per heavy atom. The average Bonchev–Trinajstić information content (AvgIpc) is 2.71. The Labute approximate surface area is 165 Å². The van der Waals surface area contributed by atoms with E-state index >= 15 is 0 Å². The third kappa shape index (κ3) is 3.53. The first-order chi connectivity index (χ1) is 13.4. The van der Waals surface area contributed by atoms with Crippen LogP contribution in [0.4, 0.5) is 0 Å². The van der Waals surface area contributed by atoms with Crippen molar-refractivity contribution in [3.8, 4) is 11.8 Å². The molecule has 0 spiro atoms. The number of aromatic nitrogens is 1. The molecule has 154 valence electrons. The Morgan fingerprint density at radius 2 is 1.82 bits per heavy atom. The Balaban J connectivity index is 1.67. The molecular weight excluding hydrogens is 362 g/mol. The molecule has 0 aromatic carbocycles. The SMILES string of the molecule is COc1ccc(C(=O)N2CCC([C@H]3[C@@H](OC)C(=O)N3C(C)C)CC2)c(OC)n1. The van der Waals surface area contributed by atoms with Gasteiger partial charge in [-0.1, -0.05) is 0 Å². The molecule has 28 heavy (non-hydrogen) atoms. The number of nitrogens with zero attached hydrogens (tertiary/aromatic N) is 3. The highest BCUT2D eigenvalue weighted by molar-refractivity contribution is 5.96. The fraction of sp³-hybridized carbons (Fsp3) is 0.650. The summed E-state index contributed by atoms with van der Waals surface area (Å²) < 4.78 is 15.8. The number of methoxy groups -OCH3 is 3. The molecule has 1 aromatic rings. The number of piperidine rings is 1. The molecule has 2 fully saturated rings. The van der Waals surface area contributed by atoms with Gasteiger partial charge in [-0.3, -0.25) is 9.59 Å². The normalized spacial score (nSPS) is 23.0. The van der Waals surface area contributed by atoms with Crippen molar-refractivity contribution in [2.45, 2.75) is 44.9 Å². The van der Waals surface area contributed by atoms with Gasteiger partial charge in [-0.2, -0.15) is 4.98 Å². The summed E-state index contributed by atoms with van der Waals surface area (Å²) in [5.74, 6) is 0.960. The number of rotatable bonds is 6. The number of hydrogen-bond donors (Lipinski definition) is 0. The lowest BCUT2D eigenvalue weighted by Crippen LogP contribution is -2.70. The topological polar surface area (TPSA) is 81.2 Å². The van der Waals surface area contributed by atoms with Crippen LogP contribution in [-0.2, 0) is 9.53 Å². The van der Waals surface area contributed by atoms with E-state index in [1.54, 1.807) is 19.2 Å². The second kappa shape index (κ2) is 8.34. The number of carbonyl (C=O) groups is 2. The van der Waals surface area contributed by atoms with Crippen LogP contribution in [0.5, 0.6) is 11.8 Å². The lowest BCUT2D eigenvalue weighted by Gasteiger charge is -2.53. The van der Waals surface area contributed by atoms with Crippen LogP contribution >= 0.6 is 0 Å². The largest absolute Gasteiger partial charge is 0.481 e. The number of β-lactam (4-membered cyclic amide) rings is 1. The number of likely N-dealkylation sites (tertiary alicyclic amines) is 2. The molecule has 2 atom stereocenters. The maximum atomic E-state index is 13.0. The first-order valence-electron chi connectivity index (χ1n) is 9.66. The summed E-state index contributed by atoms with van der Waals surface area (Å²) in [5.41, 5.74) is 0.430. The Hall–Kier alpha value is -2.35. The van der Waals surface area contributed by atoms with Crippen LogP contribution in [-0.4, -0.2) is 79.2 Å². The minimum atomic E-state index is -0.361. The molecule has 0 aliphatic carbocycles. The number of ether oxygens (including phenoxy) is 3. The Morgan fingerprint density at radius 1 is 1.14 bits per heavy atom. The van der Waals surface area contributed by atoms with E-state index in [0.717, 1.165) is 12.8 Å². The van der Waals surface area contributed by atoms with Gasteiger partial charge in [0.25, 0.3) is 11.8 Å². The Kier molecular flexibility index (Phi) is 6.07. The van der Waals surface area contributed by atoms with Crippen LogP contribution in [0.1, 0.15) is 37.0 Å². The molecule has 0 radical (unpaired) electrons. The fourth-order valence-electron chi connectivity index (χ4n) is 4.29. The number of amides is 2. The molecule has 3 rings (SSSR count). The molecule has 0 bridgehead atoms.